The van der Waals surface area contributed by atoms with Gasteiger partial charge in [0.15, 0.2) is 6.61 Å². The number of halogens is 2. The fourth-order valence-corrected chi connectivity index (χ4v) is 3.71. The molecular weight excluding hydrogens is 406 g/mol. The maximum Gasteiger partial charge on any atom is 0.305 e. The van der Waals surface area contributed by atoms with Gasteiger partial charge in [-0.05, 0) is 49.8 Å². The van der Waals surface area contributed by atoms with Crippen molar-refractivity contribution in [3.8, 4) is 5.75 Å². The highest BCUT2D eigenvalue weighted by Crippen LogP contribution is 2.37. The van der Waals surface area contributed by atoms with E-state index in [1.807, 2.05) is 12.2 Å². The van der Waals surface area contributed by atoms with E-state index in [0.29, 0.717) is 18.6 Å². The van der Waals surface area contributed by atoms with Crippen molar-refractivity contribution >= 4 is 5.97 Å². The lowest BCUT2D eigenvalue weighted by molar-refractivity contribution is -0.140. The van der Waals surface area contributed by atoms with Crippen LogP contribution in [0.1, 0.15) is 38.5 Å². The van der Waals surface area contributed by atoms with Crippen LogP contribution < -0.4 is 4.74 Å². The molecule has 0 radical (unpaired) electrons. The second-order valence-electron chi connectivity index (χ2n) is 7.86. The summed E-state index contributed by atoms with van der Waals surface area (Å²) in [6.07, 6.45) is 7.69. The van der Waals surface area contributed by atoms with Gasteiger partial charge in [0.2, 0.25) is 0 Å². The first-order chi connectivity index (χ1) is 14.8. The molecule has 172 valence electrons. The van der Waals surface area contributed by atoms with Crippen molar-refractivity contribution in [2.75, 3.05) is 13.7 Å². The third-order valence-electron chi connectivity index (χ3n) is 5.46. The number of rotatable bonds is 12. The molecular formula is C24H32F2O5. The van der Waals surface area contributed by atoms with E-state index in [2.05, 4.69) is 4.74 Å². The van der Waals surface area contributed by atoms with Crippen molar-refractivity contribution in [3.63, 3.8) is 0 Å². The van der Waals surface area contributed by atoms with Crippen molar-refractivity contribution in [1.29, 1.82) is 0 Å². The molecule has 31 heavy (non-hydrogen) atoms. The van der Waals surface area contributed by atoms with Crippen LogP contribution in [0.25, 0.3) is 0 Å². The number of aliphatic hydroxyl groups excluding tert-OH is 2. The first-order valence-corrected chi connectivity index (χ1v) is 10.7. The van der Waals surface area contributed by atoms with Crippen LogP contribution in [-0.4, -0.2) is 48.0 Å². The fourth-order valence-electron chi connectivity index (χ4n) is 3.71. The van der Waals surface area contributed by atoms with E-state index in [1.165, 1.54) is 13.2 Å². The molecule has 0 aromatic heterocycles. The Morgan fingerprint density at radius 2 is 1.90 bits per heavy atom. The lowest BCUT2D eigenvalue weighted by Crippen LogP contribution is -2.25. The number of hydrogen-bond acceptors (Lipinski definition) is 5. The Morgan fingerprint density at radius 3 is 2.61 bits per heavy atom. The molecule has 4 atom stereocenters. The molecule has 2 rings (SSSR count). The van der Waals surface area contributed by atoms with E-state index in [0.717, 1.165) is 25.3 Å². The number of esters is 1. The predicted octanol–water partition coefficient (Wildman–Crippen LogP) is 4.29. The maximum absolute atomic E-state index is 14.2. The standard InChI is InChI=1S/C24H32F2O5/c1-30-23(29)13-9-4-2-3-8-12-19-20(22(28)16-21(19)27)14-15-24(25,26)17-31-18-10-6-5-7-11-18/h3,5-8,10-11,14-15,19-22,27-28H,2,4,9,12-13,16-17H2,1H3/b8-3-,15-14+/t19-,20-,21?,22?/m1/s1. The maximum atomic E-state index is 14.2. The monoisotopic (exact) mass is 438 g/mol. The van der Waals surface area contributed by atoms with Crippen LogP contribution in [0.4, 0.5) is 8.78 Å². The number of methoxy groups -OCH3 is 1. The number of carbonyl (C=O) groups excluding carboxylic acids is 1. The summed E-state index contributed by atoms with van der Waals surface area (Å²) in [6, 6.07) is 8.39. The SMILES string of the molecule is COC(=O)CCCC/C=C\C[C@H]1C(O)CC(O)[C@@H]1/C=C/C(F)(F)COc1ccccc1. The molecule has 1 saturated carbocycles. The molecule has 1 fully saturated rings. The lowest BCUT2D eigenvalue weighted by Gasteiger charge is -2.20. The molecule has 2 unspecified atom stereocenters. The number of allylic oxidation sites excluding steroid dienone is 2. The van der Waals surface area contributed by atoms with Crippen molar-refractivity contribution in [1.82, 2.24) is 0 Å². The highest BCUT2D eigenvalue weighted by Gasteiger charge is 2.40. The summed E-state index contributed by atoms with van der Waals surface area (Å²) < 4.78 is 38.2. The summed E-state index contributed by atoms with van der Waals surface area (Å²) >= 11 is 0. The number of unbranched alkanes of at least 4 members (excludes halogenated alkanes) is 2. The van der Waals surface area contributed by atoms with Gasteiger partial charge in [0.1, 0.15) is 5.75 Å². The minimum absolute atomic E-state index is 0.165. The van der Waals surface area contributed by atoms with Gasteiger partial charge in [0, 0.05) is 18.8 Å². The van der Waals surface area contributed by atoms with Crippen molar-refractivity contribution in [3.05, 3.63) is 54.6 Å². The zero-order valence-electron chi connectivity index (χ0n) is 17.8. The van der Waals surface area contributed by atoms with E-state index in [1.54, 1.807) is 30.3 Å². The minimum atomic E-state index is -3.19. The Hall–Kier alpha value is -2.25. The number of hydrogen-bond donors (Lipinski definition) is 2. The summed E-state index contributed by atoms with van der Waals surface area (Å²) in [4.78, 5) is 11.1. The number of carbonyl (C=O) groups is 1. The van der Waals surface area contributed by atoms with Gasteiger partial charge in [-0.15, -0.1) is 0 Å². The molecule has 0 saturated heterocycles. The van der Waals surface area contributed by atoms with E-state index in [9.17, 15) is 23.8 Å². The number of ether oxygens (including phenoxy) is 2. The van der Waals surface area contributed by atoms with Gasteiger partial charge >= 0.3 is 5.97 Å². The van der Waals surface area contributed by atoms with Crippen LogP contribution >= 0.6 is 0 Å². The molecule has 0 amide bonds. The van der Waals surface area contributed by atoms with Gasteiger partial charge < -0.3 is 19.7 Å². The van der Waals surface area contributed by atoms with E-state index < -0.39 is 30.7 Å². The smallest absolute Gasteiger partial charge is 0.305 e. The highest BCUT2D eigenvalue weighted by molar-refractivity contribution is 5.68. The van der Waals surface area contributed by atoms with E-state index in [-0.39, 0.29) is 18.3 Å². The molecule has 1 aliphatic rings. The normalized spacial score (nSPS) is 24.2. The van der Waals surface area contributed by atoms with Gasteiger partial charge in [-0.2, -0.15) is 8.78 Å². The van der Waals surface area contributed by atoms with Gasteiger partial charge in [-0.25, -0.2) is 0 Å². The van der Waals surface area contributed by atoms with Crippen LogP contribution in [0.15, 0.2) is 54.6 Å². The van der Waals surface area contributed by atoms with Crippen molar-refractivity contribution in [2.24, 2.45) is 11.8 Å². The zero-order chi connectivity index (χ0) is 22.7. The van der Waals surface area contributed by atoms with Gasteiger partial charge in [-0.1, -0.05) is 36.4 Å². The zero-order valence-corrected chi connectivity index (χ0v) is 17.8. The summed E-state index contributed by atoms with van der Waals surface area (Å²) in [5, 5.41) is 20.5. The molecule has 0 spiro atoms. The molecule has 1 aromatic rings. The molecule has 1 aromatic carbocycles. The fraction of sp³-hybridized carbons (Fsp3) is 0.542. The number of alkyl halides is 2. The molecule has 2 N–H and O–H groups in total. The quantitative estimate of drug-likeness (QED) is 0.289. The Labute approximate surface area is 182 Å². The van der Waals surface area contributed by atoms with E-state index >= 15 is 0 Å². The molecule has 0 heterocycles. The van der Waals surface area contributed by atoms with Crippen LogP contribution in [-0.2, 0) is 9.53 Å². The minimum Gasteiger partial charge on any atom is -0.487 e. The molecule has 7 heteroatoms. The summed E-state index contributed by atoms with van der Waals surface area (Å²) in [7, 11) is 1.36. The van der Waals surface area contributed by atoms with Crippen LogP contribution in [0, 0.1) is 11.8 Å². The first kappa shape index (κ1) is 25.0. The van der Waals surface area contributed by atoms with Crippen molar-refractivity contribution in [2.45, 2.75) is 56.7 Å². The highest BCUT2D eigenvalue weighted by atomic mass is 19.3. The number of benzene rings is 1. The first-order valence-electron chi connectivity index (χ1n) is 10.7. The van der Waals surface area contributed by atoms with Gasteiger partial charge in [-0.3, -0.25) is 4.79 Å². The predicted molar refractivity (Wildman–Crippen MR) is 114 cm³/mol. The Balaban J connectivity index is 1.83. The second kappa shape index (κ2) is 12.6. The largest absolute Gasteiger partial charge is 0.487 e. The number of aliphatic hydroxyl groups is 2. The third-order valence-corrected chi connectivity index (χ3v) is 5.46. The molecule has 5 nitrogen and oxygen atoms in total. The average molecular weight is 439 g/mol. The topological polar surface area (TPSA) is 76.0 Å². The summed E-state index contributed by atoms with van der Waals surface area (Å²) in [6.45, 7) is -0.797. The molecule has 0 aliphatic heterocycles. The number of para-hydroxylation sites is 1. The Bertz CT molecular complexity index is 720. The van der Waals surface area contributed by atoms with Crippen LogP contribution in [0.2, 0.25) is 0 Å². The van der Waals surface area contributed by atoms with Crippen LogP contribution in [0.5, 0.6) is 5.75 Å². The van der Waals surface area contributed by atoms with Gasteiger partial charge in [0.25, 0.3) is 5.92 Å². The Kier molecular flexibility index (Phi) is 10.1. The third kappa shape index (κ3) is 8.79. The lowest BCUT2D eigenvalue weighted by atomic mass is 9.89. The summed E-state index contributed by atoms with van der Waals surface area (Å²) in [5.74, 6) is -3.94. The average Bonchev–Trinajstić information content (AvgIpc) is 3.03. The molecule has 1 aliphatic carbocycles. The Morgan fingerprint density at radius 1 is 1.16 bits per heavy atom. The summed E-state index contributed by atoms with van der Waals surface area (Å²) in [5.41, 5.74) is 0. The van der Waals surface area contributed by atoms with Gasteiger partial charge in [0.05, 0.1) is 19.3 Å². The second-order valence-corrected chi connectivity index (χ2v) is 7.86. The molecule has 0 bridgehead atoms. The van der Waals surface area contributed by atoms with E-state index in [4.69, 9.17) is 4.74 Å². The van der Waals surface area contributed by atoms with Crippen molar-refractivity contribution < 1.29 is 33.3 Å². The van der Waals surface area contributed by atoms with Crippen LogP contribution in [0.3, 0.4) is 0 Å².